The van der Waals surface area contributed by atoms with E-state index in [1.807, 2.05) is 19.1 Å². The fourth-order valence-electron chi connectivity index (χ4n) is 2.51. The van der Waals surface area contributed by atoms with Gasteiger partial charge < -0.3 is 10.1 Å². The Balaban J connectivity index is 1.77. The molecule has 1 heterocycles. The summed E-state index contributed by atoms with van der Waals surface area (Å²) in [6, 6.07) is 11.6. The molecule has 3 rings (SSSR count). The Morgan fingerprint density at radius 1 is 1.23 bits per heavy atom. The largest absolute Gasteiger partial charge is 0.496 e. The van der Waals surface area contributed by atoms with Crippen molar-refractivity contribution >= 4 is 34.7 Å². The number of para-hydroxylation sites is 1. The summed E-state index contributed by atoms with van der Waals surface area (Å²) in [5.41, 5.74) is 2.08. The number of imide groups is 1. The van der Waals surface area contributed by atoms with E-state index in [4.69, 9.17) is 4.74 Å². The topological polar surface area (TPSA) is 58.6 Å². The monoisotopic (exact) mass is 372 g/mol. The van der Waals surface area contributed by atoms with Crippen LogP contribution in [0.4, 0.5) is 14.9 Å². The second kappa shape index (κ2) is 7.61. The summed E-state index contributed by atoms with van der Waals surface area (Å²) in [5, 5.41) is 2.57. The zero-order valence-electron chi connectivity index (χ0n) is 14.3. The van der Waals surface area contributed by atoms with Crippen molar-refractivity contribution < 1.29 is 18.7 Å². The highest BCUT2D eigenvalue weighted by Crippen LogP contribution is 2.33. The SMILES string of the molecule is COc1ccccc1/C=C1\SC(=O)N(CNc2cc(F)ccc2C)C1=O. The molecule has 1 aliphatic rings. The van der Waals surface area contributed by atoms with Crippen LogP contribution in [-0.4, -0.2) is 29.8 Å². The first-order chi connectivity index (χ1) is 12.5. The fraction of sp³-hybridized carbons (Fsp3) is 0.158. The molecule has 1 saturated heterocycles. The standard InChI is InChI=1S/C19H17FN2O3S/c1-12-7-8-14(20)10-15(12)21-11-22-18(23)17(26-19(22)24)9-13-5-3-4-6-16(13)25-2/h3-10,21H,11H2,1-2H3/b17-9-. The first kappa shape index (κ1) is 18.0. The lowest BCUT2D eigenvalue weighted by Gasteiger charge is -2.16. The van der Waals surface area contributed by atoms with Crippen LogP contribution >= 0.6 is 11.8 Å². The first-order valence-corrected chi connectivity index (χ1v) is 8.69. The maximum Gasteiger partial charge on any atom is 0.295 e. The van der Waals surface area contributed by atoms with Crippen LogP contribution in [0.2, 0.25) is 0 Å². The maximum absolute atomic E-state index is 13.4. The van der Waals surface area contributed by atoms with E-state index < -0.39 is 5.91 Å². The highest BCUT2D eigenvalue weighted by Gasteiger charge is 2.35. The molecule has 5 nitrogen and oxygen atoms in total. The summed E-state index contributed by atoms with van der Waals surface area (Å²) in [7, 11) is 1.55. The number of nitrogens with one attached hydrogen (secondary N) is 1. The Labute approximate surface area is 154 Å². The van der Waals surface area contributed by atoms with Crippen molar-refractivity contribution in [2.24, 2.45) is 0 Å². The highest BCUT2D eigenvalue weighted by molar-refractivity contribution is 8.18. The van der Waals surface area contributed by atoms with E-state index in [1.54, 1.807) is 31.4 Å². The molecule has 0 radical (unpaired) electrons. The number of nitrogens with zero attached hydrogens (tertiary/aromatic N) is 1. The molecular formula is C19H17FN2O3S. The van der Waals surface area contributed by atoms with Crippen LogP contribution < -0.4 is 10.1 Å². The number of hydrogen-bond acceptors (Lipinski definition) is 5. The van der Waals surface area contributed by atoms with Gasteiger partial charge in [-0.25, -0.2) is 4.39 Å². The summed E-state index contributed by atoms with van der Waals surface area (Å²) >= 11 is 0.867. The number of hydrogen-bond donors (Lipinski definition) is 1. The number of rotatable bonds is 5. The number of anilines is 1. The van der Waals surface area contributed by atoms with Crippen molar-refractivity contribution in [3.05, 3.63) is 64.3 Å². The summed E-state index contributed by atoms with van der Waals surface area (Å²) in [6.07, 6.45) is 1.64. The molecule has 0 saturated carbocycles. The Morgan fingerprint density at radius 2 is 2.00 bits per heavy atom. The number of amides is 2. The highest BCUT2D eigenvalue weighted by atomic mass is 32.2. The minimum absolute atomic E-state index is 0.0295. The molecule has 26 heavy (non-hydrogen) atoms. The summed E-state index contributed by atoms with van der Waals surface area (Å²) in [5.74, 6) is -0.163. The predicted molar refractivity (Wildman–Crippen MR) is 100 cm³/mol. The first-order valence-electron chi connectivity index (χ1n) is 7.88. The van der Waals surface area contributed by atoms with Gasteiger partial charge in [0.05, 0.1) is 18.7 Å². The average Bonchev–Trinajstić information content (AvgIpc) is 2.89. The number of ether oxygens (including phenoxy) is 1. The molecule has 1 N–H and O–H groups in total. The second-order valence-electron chi connectivity index (χ2n) is 5.65. The van der Waals surface area contributed by atoms with Gasteiger partial charge >= 0.3 is 0 Å². The third kappa shape index (κ3) is 3.72. The van der Waals surface area contributed by atoms with Gasteiger partial charge in [0.2, 0.25) is 0 Å². The van der Waals surface area contributed by atoms with Crippen molar-refractivity contribution in [1.82, 2.24) is 4.90 Å². The zero-order valence-corrected chi connectivity index (χ0v) is 15.1. The van der Waals surface area contributed by atoms with Crippen LogP contribution in [0.5, 0.6) is 5.75 Å². The number of carbonyl (C=O) groups is 2. The molecule has 0 aliphatic carbocycles. The number of aryl methyl sites for hydroxylation is 1. The number of carbonyl (C=O) groups excluding carboxylic acids is 2. The summed E-state index contributed by atoms with van der Waals surface area (Å²) in [6.45, 7) is 1.79. The van der Waals surface area contributed by atoms with E-state index in [0.717, 1.165) is 27.8 Å². The van der Waals surface area contributed by atoms with Gasteiger partial charge in [-0.3, -0.25) is 14.5 Å². The van der Waals surface area contributed by atoms with E-state index >= 15 is 0 Å². The van der Waals surface area contributed by atoms with E-state index in [9.17, 15) is 14.0 Å². The third-order valence-corrected chi connectivity index (χ3v) is 4.83. The number of thioether (sulfide) groups is 1. The van der Waals surface area contributed by atoms with Crippen molar-refractivity contribution in [3.8, 4) is 5.75 Å². The summed E-state index contributed by atoms with van der Waals surface area (Å²) < 4.78 is 18.6. The molecule has 0 unspecified atom stereocenters. The molecule has 0 bridgehead atoms. The van der Waals surface area contributed by atoms with E-state index in [0.29, 0.717) is 16.3 Å². The Morgan fingerprint density at radius 3 is 2.77 bits per heavy atom. The molecule has 1 fully saturated rings. The fourth-order valence-corrected chi connectivity index (χ4v) is 3.34. The van der Waals surface area contributed by atoms with E-state index in [-0.39, 0.29) is 17.7 Å². The van der Waals surface area contributed by atoms with Crippen molar-refractivity contribution in [2.75, 3.05) is 19.1 Å². The maximum atomic E-state index is 13.4. The van der Waals surface area contributed by atoms with Crippen LogP contribution in [-0.2, 0) is 4.79 Å². The summed E-state index contributed by atoms with van der Waals surface area (Å²) in [4.78, 5) is 26.2. The lowest BCUT2D eigenvalue weighted by Crippen LogP contribution is -2.33. The van der Waals surface area contributed by atoms with Crippen LogP contribution in [0.25, 0.3) is 6.08 Å². The van der Waals surface area contributed by atoms with Crippen LogP contribution in [0.1, 0.15) is 11.1 Å². The molecule has 134 valence electrons. The molecule has 2 aromatic rings. The van der Waals surface area contributed by atoms with Gasteiger partial charge in [0, 0.05) is 11.3 Å². The molecule has 2 amide bonds. The Bertz CT molecular complexity index is 898. The molecule has 1 aliphatic heterocycles. The number of methoxy groups -OCH3 is 1. The molecule has 0 atom stereocenters. The predicted octanol–water partition coefficient (Wildman–Crippen LogP) is 4.25. The van der Waals surface area contributed by atoms with Gasteiger partial charge in [0.15, 0.2) is 0 Å². The Kier molecular flexibility index (Phi) is 5.27. The normalized spacial score (nSPS) is 15.7. The van der Waals surface area contributed by atoms with Gasteiger partial charge in [-0.2, -0.15) is 0 Å². The van der Waals surface area contributed by atoms with Crippen LogP contribution in [0.3, 0.4) is 0 Å². The minimum Gasteiger partial charge on any atom is -0.496 e. The smallest absolute Gasteiger partial charge is 0.295 e. The number of halogens is 1. The van der Waals surface area contributed by atoms with Crippen molar-refractivity contribution in [3.63, 3.8) is 0 Å². The van der Waals surface area contributed by atoms with Crippen LogP contribution in [0, 0.1) is 12.7 Å². The Hall–Kier alpha value is -2.80. The quantitative estimate of drug-likeness (QED) is 0.795. The minimum atomic E-state index is -0.396. The van der Waals surface area contributed by atoms with E-state index in [2.05, 4.69) is 5.32 Å². The molecule has 0 spiro atoms. The van der Waals surface area contributed by atoms with E-state index in [1.165, 1.54) is 12.1 Å². The second-order valence-corrected chi connectivity index (χ2v) is 6.64. The van der Waals surface area contributed by atoms with Gasteiger partial charge in [0.25, 0.3) is 11.1 Å². The molecule has 7 heteroatoms. The van der Waals surface area contributed by atoms with Gasteiger partial charge in [-0.05, 0) is 48.5 Å². The average molecular weight is 372 g/mol. The van der Waals surface area contributed by atoms with Crippen LogP contribution in [0.15, 0.2) is 47.4 Å². The lowest BCUT2D eigenvalue weighted by atomic mass is 10.2. The van der Waals surface area contributed by atoms with Crippen molar-refractivity contribution in [2.45, 2.75) is 6.92 Å². The molecular weight excluding hydrogens is 355 g/mol. The zero-order chi connectivity index (χ0) is 18.7. The lowest BCUT2D eigenvalue weighted by molar-refractivity contribution is -0.122. The van der Waals surface area contributed by atoms with Crippen molar-refractivity contribution in [1.29, 1.82) is 0 Å². The van der Waals surface area contributed by atoms with Gasteiger partial charge in [-0.15, -0.1) is 0 Å². The molecule has 0 aromatic heterocycles. The molecule has 2 aromatic carbocycles. The van der Waals surface area contributed by atoms with Gasteiger partial charge in [0.1, 0.15) is 11.6 Å². The third-order valence-electron chi connectivity index (χ3n) is 3.93. The van der Waals surface area contributed by atoms with Gasteiger partial charge in [-0.1, -0.05) is 24.3 Å². The number of benzene rings is 2.